The molecule has 27 heavy (non-hydrogen) atoms. The Labute approximate surface area is 159 Å². The second kappa shape index (κ2) is 7.71. The van der Waals surface area contributed by atoms with Gasteiger partial charge in [0.15, 0.2) is 0 Å². The summed E-state index contributed by atoms with van der Waals surface area (Å²) in [5, 5.41) is 3.09. The fraction of sp³-hybridized carbons (Fsp3) is 0.571. The maximum absolute atomic E-state index is 12.7. The highest BCUT2D eigenvalue weighted by atomic mass is 16.2. The number of carbonyl (C=O) groups excluding carboxylic acids is 3. The third-order valence-corrected chi connectivity index (χ3v) is 6.06. The quantitative estimate of drug-likeness (QED) is 0.655. The molecule has 4 amide bonds. The molecule has 144 valence electrons. The summed E-state index contributed by atoms with van der Waals surface area (Å²) in [6.45, 7) is 0.635. The zero-order valence-corrected chi connectivity index (χ0v) is 15.7. The van der Waals surface area contributed by atoms with Gasteiger partial charge in [0.05, 0.1) is 0 Å². The molecule has 2 aliphatic heterocycles. The predicted octanol–water partition coefficient (Wildman–Crippen LogP) is 2.60. The monoisotopic (exact) mass is 369 g/mol. The molecule has 1 saturated carbocycles. The Morgan fingerprint density at radius 3 is 2.48 bits per heavy atom. The summed E-state index contributed by atoms with van der Waals surface area (Å²) in [6, 6.07) is 7.51. The van der Waals surface area contributed by atoms with Gasteiger partial charge < -0.3 is 10.2 Å². The zero-order chi connectivity index (χ0) is 18.8. The lowest BCUT2D eigenvalue weighted by Gasteiger charge is -2.28. The van der Waals surface area contributed by atoms with Crippen molar-refractivity contribution in [1.29, 1.82) is 0 Å². The van der Waals surface area contributed by atoms with Crippen molar-refractivity contribution in [2.45, 2.75) is 70.0 Å². The third-order valence-electron chi connectivity index (χ3n) is 6.06. The minimum Gasteiger partial charge on any atom is -0.353 e. The van der Waals surface area contributed by atoms with E-state index in [0.29, 0.717) is 13.0 Å². The van der Waals surface area contributed by atoms with Crippen molar-refractivity contribution in [2.75, 3.05) is 6.54 Å². The molecule has 1 N–H and O–H groups in total. The Morgan fingerprint density at radius 2 is 1.74 bits per heavy atom. The molecule has 2 fully saturated rings. The topological polar surface area (TPSA) is 69.7 Å². The van der Waals surface area contributed by atoms with E-state index < -0.39 is 6.04 Å². The largest absolute Gasteiger partial charge is 0.353 e. The first-order valence-electron chi connectivity index (χ1n) is 10.1. The maximum atomic E-state index is 12.7. The van der Waals surface area contributed by atoms with Gasteiger partial charge in [-0.1, -0.05) is 49.9 Å². The van der Waals surface area contributed by atoms with Crippen molar-refractivity contribution in [3.05, 3.63) is 35.4 Å². The van der Waals surface area contributed by atoms with Crippen LogP contribution in [0.15, 0.2) is 24.3 Å². The molecule has 6 nitrogen and oxygen atoms in total. The molecule has 0 aromatic heterocycles. The van der Waals surface area contributed by atoms with Gasteiger partial charge in [0.1, 0.15) is 6.04 Å². The highest BCUT2D eigenvalue weighted by Crippen LogP contribution is 2.30. The van der Waals surface area contributed by atoms with Crippen LogP contribution in [-0.4, -0.2) is 46.3 Å². The Balaban J connectivity index is 1.34. The normalized spacial score (nSPS) is 23.0. The van der Waals surface area contributed by atoms with Crippen LogP contribution < -0.4 is 5.32 Å². The van der Waals surface area contributed by atoms with Crippen LogP contribution in [0, 0.1) is 0 Å². The van der Waals surface area contributed by atoms with Crippen molar-refractivity contribution in [2.24, 2.45) is 0 Å². The van der Waals surface area contributed by atoms with E-state index in [1.54, 1.807) is 4.90 Å². The van der Waals surface area contributed by atoms with E-state index in [-0.39, 0.29) is 36.9 Å². The van der Waals surface area contributed by atoms with Crippen molar-refractivity contribution in [3.8, 4) is 0 Å². The highest BCUT2D eigenvalue weighted by Gasteiger charge is 2.46. The van der Waals surface area contributed by atoms with Crippen LogP contribution in [0.2, 0.25) is 0 Å². The SMILES string of the molecule is O=C(CCN1C(=O)[C@@H]2Cc3ccccc3CN2C1=O)NC1CCCCCC1. The molecule has 1 aromatic carbocycles. The number of imide groups is 1. The number of nitrogens with one attached hydrogen (secondary N) is 1. The lowest BCUT2D eigenvalue weighted by atomic mass is 9.95. The molecule has 1 atom stereocenters. The van der Waals surface area contributed by atoms with Gasteiger partial charge in [0.2, 0.25) is 5.91 Å². The van der Waals surface area contributed by atoms with E-state index in [2.05, 4.69) is 5.32 Å². The molecular formula is C21H27N3O3. The van der Waals surface area contributed by atoms with Gasteiger partial charge in [0.25, 0.3) is 5.91 Å². The predicted molar refractivity (Wildman–Crippen MR) is 101 cm³/mol. The lowest BCUT2D eigenvalue weighted by Crippen LogP contribution is -2.40. The molecule has 1 aliphatic carbocycles. The molecule has 2 heterocycles. The van der Waals surface area contributed by atoms with Crippen LogP contribution in [0.1, 0.15) is 56.1 Å². The third kappa shape index (κ3) is 3.70. The van der Waals surface area contributed by atoms with Crippen LogP contribution in [0.4, 0.5) is 4.79 Å². The van der Waals surface area contributed by atoms with Crippen LogP contribution in [0.5, 0.6) is 0 Å². The second-order valence-corrected chi connectivity index (χ2v) is 7.89. The van der Waals surface area contributed by atoms with Crippen molar-refractivity contribution in [3.63, 3.8) is 0 Å². The molecule has 0 spiro atoms. The summed E-state index contributed by atoms with van der Waals surface area (Å²) >= 11 is 0. The number of carbonyl (C=O) groups is 3. The lowest BCUT2D eigenvalue weighted by molar-refractivity contribution is -0.129. The summed E-state index contributed by atoms with van der Waals surface area (Å²) in [5.74, 6) is -0.229. The number of hydrogen-bond donors (Lipinski definition) is 1. The van der Waals surface area contributed by atoms with Crippen molar-refractivity contribution in [1.82, 2.24) is 15.1 Å². The van der Waals surface area contributed by atoms with Gasteiger partial charge >= 0.3 is 6.03 Å². The number of urea groups is 1. The molecule has 1 aromatic rings. The smallest absolute Gasteiger partial charge is 0.327 e. The first-order valence-corrected chi connectivity index (χ1v) is 10.1. The molecule has 3 aliphatic rings. The maximum Gasteiger partial charge on any atom is 0.327 e. The average Bonchev–Trinajstić information content (AvgIpc) is 2.86. The summed E-state index contributed by atoms with van der Waals surface area (Å²) < 4.78 is 0. The van der Waals surface area contributed by atoms with Crippen LogP contribution in [0.25, 0.3) is 0 Å². The zero-order valence-electron chi connectivity index (χ0n) is 15.7. The van der Waals surface area contributed by atoms with Gasteiger partial charge in [0, 0.05) is 32.0 Å². The second-order valence-electron chi connectivity index (χ2n) is 7.89. The van der Waals surface area contributed by atoms with Crippen LogP contribution in [-0.2, 0) is 22.6 Å². The minimum atomic E-state index is -0.419. The van der Waals surface area contributed by atoms with Gasteiger partial charge in [-0.05, 0) is 24.0 Å². The molecule has 0 radical (unpaired) electrons. The first kappa shape index (κ1) is 18.0. The van der Waals surface area contributed by atoms with Crippen LogP contribution in [0.3, 0.4) is 0 Å². The summed E-state index contributed by atoms with van der Waals surface area (Å²) in [4.78, 5) is 40.7. The van der Waals surface area contributed by atoms with Crippen molar-refractivity contribution >= 4 is 17.8 Å². The number of rotatable bonds is 4. The first-order chi connectivity index (χ1) is 13.1. The summed E-state index contributed by atoms with van der Waals surface area (Å²) in [6.07, 6.45) is 7.60. The highest BCUT2D eigenvalue weighted by molar-refractivity contribution is 6.04. The van der Waals surface area contributed by atoms with Crippen molar-refractivity contribution < 1.29 is 14.4 Å². The van der Waals surface area contributed by atoms with Gasteiger partial charge in [-0.15, -0.1) is 0 Å². The Kier molecular flexibility index (Phi) is 5.14. The number of benzene rings is 1. The fourth-order valence-corrected chi connectivity index (χ4v) is 4.52. The van der Waals surface area contributed by atoms with E-state index in [4.69, 9.17) is 0 Å². The van der Waals surface area contributed by atoms with E-state index in [1.165, 1.54) is 17.7 Å². The number of nitrogens with zero attached hydrogens (tertiary/aromatic N) is 2. The van der Waals surface area contributed by atoms with Crippen LogP contribution >= 0.6 is 0 Å². The molecular weight excluding hydrogens is 342 g/mol. The van der Waals surface area contributed by atoms with Gasteiger partial charge in [-0.25, -0.2) is 4.79 Å². The number of fused-ring (bicyclic) bond motifs is 2. The Bertz CT molecular complexity index is 697. The summed E-state index contributed by atoms with van der Waals surface area (Å²) in [7, 11) is 0. The average molecular weight is 369 g/mol. The van der Waals surface area contributed by atoms with E-state index >= 15 is 0 Å². The molecule has 1 saturated heterocycles. The minimum absolute atomic E-state index is 0.0596. The Hall–Kier alpha value is -2.37. The number of amides is 4. The molecule has 0 bridgehead atoms. The standard InChI is InChI=1S/C21H27N3O3/c25-19(22-17-9-3-1-2-4-10-17)11-12-23-20(26)18-13-15-7-5-6-8-16(15)14-24(18)21(23)27/h5-8,17-18H,1-4,9-14H2,(H,22,25)/t18-/m0/s1. The summed E-state index contributed by atoms with van der Waals surface area (Å²) in [5.41, 5.74) is 2.23. The fourth-order valence-electron chi connectivity index (χ4n) is 4.52. The van der Waals surface area contributed by atoms with E-state index in [1.807, 2.05) is 24.3 Å². The van der Waals surface area contributed by atoms with Gasteiger partial charge in [-0.2, -0.15) is 0 Å². The number of hydrogen-bond acceptors (Lipinski definition) is 3. The van der Waals surface area contributed by atoms with E-state index in [9.17, 15) is 14.4 Å². The molecule has 6 heteroatoms. The molecule has 0 unspecified atom stereocenters. The van der Waals surface area contributed by atoms with E-state index in [0.717, 1.165) is 36.8 Å². The van der Waals surface area contributed by atoms with Gasteiger partial charge in [-0.3, -0.25) is 14.5 Å². The Morgan fingerprint density at radius 1 is 1.04 bits per heavy atom. The molecule has 4 rings (SSSR count).